The molecule has 2 aliphatic heterocycles. The Labute approximate surface area is 111 Å². The molecule has 1 saturated heterocycles. The van der Waals surface area contributed by atoms with Crippen molar-refractivity contribution in [3.8, 4) is 5.75 Å². The van der Waals surface area contributed by atoms with Crippen molar-refractivity contribution in [1.82, 2.24) is 0 Å². The lowest BCUT2D eigenvalue weighted by Crippen LogP contribution is -2.43. The summed E-state index contributed by atoms with van der Waals surface area (Å²) in [4.78, 5) is 14.1. The molecule has 1 amide bonds. The van der Waals surface area contributed by atoms with Crippen LogP contribution in [0.5, 0.6) is 5.75 Å². The zero-order valence-electron chi connectivity index (χ0n) is 10.4. The van der Waals surface area contributed by atoms with Gasteiger partial charge < -0.3 is 4.74 Å². The Kier molecular flexibility index (Phi) is 2.01. The predicted molar refractivity (Wildman–Crippen MR) is 71.9 cm³/mol. The molecule has 94 valence electrons. The summed E-state index contributed by atoms with van der Waals surface area (Å²) in [6, 6.07) is 17.7. The minimum absolute atomic E-state index is 0.133. The lowest BCUT2D eigenvalue weighted by atomic mass is 10.0. The maximum atomic E-state index is 12.2. The van der Waals surface area contributed by atoms with Crippen LogP contribution in [-0.4, -0.2) is 5.91 Å². The molecule has 3 nitrogen and oxygen atoms in total. The third-order valence-electron chi connectivity index (χ3n) is 3.90. The van der Waals surface area contributed by atoms with Gasteiger partial charge in [0.25, 0.3) is 0 Å². The van der Waals surface area contributed by atoms with E-state index in [9.17, 15) is 4.79 Å². The van der Waals surface area contributed by atoms with Crippen LogP contribution in [0.3, 0.4) is 0 Å². The first kappa shape index (κ1) is 10.6. The molecule has 0 bridgehead atoms. The molecule has 0 saturated carbocycles. The normalized spacial score (nSPS) is 24.0. The predicted octanol–water partition coefficient (Wildman–Crippen LogP) is 3.06. The summed E-state index contributed by atoms with van der Waals surface area (Å²) in [6.45, 7) is 0. The zero-order chi connectivity index (χ0) is 12.9. The number of carbonyl (C=O) groups is 1. The van der Waals surface area contributed by atoms with Crippen molar-refractivity contribution >= 4 is 11.6 Å². The van der Waals surface area contributed by atoms with Crippen LogP contribution < -0.4 is 9.64 Å². The molecule has 2 aliphatic rings. The number of fused-ring (bicyclic) bond motifs is 3. The topological polar surface area (TPSA) is 29.5 Å². The zero-order valence-corrected chi connectivity index (χ0v) is 10.4. The van der Waals surface area contributed by atoms with Crippen molar-refractivity contribution in [2.75, 3.05) is 4.90 Å². The van der Waals surface area contributed by atoms with Crippen LogP contribution in [0.4, 0.5) is 5.69 Å². The Morgan fingerprint density at radius 2 is 1.74 bits per heavy atom. The second-order valence-corrected chi connectivity index (χ2v) is 4.95. The van der Waals surface area contributed by atoms with E-state index in [1.807, 2.05) is 59.5 Å². The summed E-state index contributed by atoms with van der Waals surface area (Å²) in [6.07, 6.45) is 1.23. The van der Waals surface area contributed by atoms with Gasteiger partial charge in [-0.15, -0.1) is 0 Å². The number of carbonyl (C=O) groups excluding carboxylic acids is 1. The number of hydrogen-bond donors (Lipinski definition) is 0. The van der Waals surface area contributed by atoms with Gasteiger partial charge in [-0.05, 0) is 12.1 Å². The van der Waals surface area contributed by atoms with E-state index in [0.717, 1.165) is 17.0 Å². The highest BCUT2D eigenvalue weighted by atomic mass is 16.5. The molecule has 2 aromatic rings. The van der Waals surface area contributed by atoms with E-state index < -0.39 is 5.72 Å². The minimum Gasteiger partial charge on any atom is -0.461 e. The molecule has 2 aromatic carbocycles. The number of ether oxygens (including phenoxy) is 1. The highest BCUT2D eigenvalue weighted by Crippen LogP contribution is 2.52. The van der Waals surface area contributed by atoms with Gasteiger partial charge in [0.1, 0.15) is 5.75 Å². The number of anilines is 1. The number of para-hydroxylation sites is 2. The Morgan fingerprint density at radius 1 is 1.00 bits per heavy atom. The fraction of sp³-hybridized carbons (Fsp3) is 0.188. The summed E-state index contributed by atoms with van der Waals surface area (Å²) >= 11 is 0. The van der Waals surface area contributed by atoms with Gasteiger partial charge in [-0.25, -0.2) is 0 Å². The fourth-order valence-corrected chi connectivity index (χ4v) is 3.07. The molecule has 0 radical (unpaired) electrons. The van der Waals surface area contributed by atoms with Crippen LogP contribution in [0.1, 0.15) is 18.4 Å². The molecule has 1 fully saturated rings. The smallest absolute Gasteiger partial charge is 0.230 e. The monoisotopic (exact) mass is 251 g/mol. The van der Waals surface area contributed by atoms with Crippen LogP contribution in [0.15, 0.2) is 54.6 Å². The molecule has 0 spiro atoms. The van der Waals surface area contributed by atoms with Crippen molar-refractivity contribution in [2.45, 2.75) is 18.6 Å². The van der Waals surface area contributed by atoms with E-state index in [1.165, 1.54) is 0 Å². The van der Waals surface area contributed by atoms with E-state index in [4.69, 9.17) is 4.74 Å². The van der Waals surface area contributed by atoms with Gasteiger partial charge in [-0.2, -0.15) is 0 Å². The molecule has 0 unspecified atom stereocenters. The summed E-state index contributed by atoms with van der Waals surface area (Å²) < 4.78 is 6.18. The molecule has 2 heterocycles. The van der Waals surface area contributed by atoms with Crippen molar-refractivity contribution in [1.29, 1.82) is 0 Å². The first-order chi connectivity index (χ1) is 9.31. The van der Waals surface area contributed by atoms with Crippen molar-refractivity contribution < 1.29 is 9.53 Å². The lowest BCUT2D eigenvalue weighted by molar-refractivity contribution is -0.117. The van der Waals surface area contributed by atoms with Crippen LogP contribution in [0, 0.1) is 0 Å². The summed E-state index contributed by atoms with van der Waals surface area (Å²) in [5, 5.41) is 0. The first-order valence-electron chi connectivity index (χ1n) is 6.48. The Morgan fingerprint density at radius 3 is 2.58 bits per heavy atom. The van der Waals surface area contributed by atoms with Crippen molar-refractivity contribution in [2.24, 2.45) is 0 Å². The standard InChI is InChI=1S/C16H13NO2/c18-15-10-11-16(12-6-2-1-3-7-12)17(15)13-8-4-5-9-14(13)19-16/h1-9H,10-11H2/t16-/m1/s1. The third kappa shape index (κ3) is 1.30. The first-order valence-corrected chi connectivity index (χ1v) is 6.48. The maximum absolute atomic E-state index is 12.2. The van der Waals surface area contributed by atoms with Crippen LogP contribution in [-0.2, 0) is 10.5 Å². The summed E-state index contributed by atoms with van der Waals surface area (Å²) in [5.41, 5.74) is 1.29. The van der Waals surface area contributed by atoms with Gasteiger partial charge in [-0.1, -0.05) is 42.5 Å². The Hall–Kier alpha value is -2.29. The number of amides is 1. The van der Waals surface area contributed by atoms with Crippen molar-refractivity contribution in [3.63, 3.8) is 0 Å². The fourth-order valence-electron chi connectivity index (χ4n) is 3.07. The average Bonchev–Trinajstić information content (AvgIpc) is 2.96. The molecule has 0 N–H and O–H groups in total. The summed E-state index contributed by atoms with van der Waals surface area (Å²) in [7, 11) is 0. The largest absolute Gasteiger partial charge is 0.461 e. The molecule has 3 heteroatoms. The van der Waals surface area contributed by atoms with E-state index >= 15 is 0 Å². The molecule has 0 aliphatic carbocycles. The minimum atomic E-state index is -0.637. The average molecular weight is 251 g/mol. The quantitative estimate of drug-likeness (QED) is 0.779. The molecule has 19 heavy (non-hydrogen) atoms. The van der Waals surface area contributed by atoms with Gasteiger partial charge in [-0.3, -0.25) is 9.69 Å². The van der Waals surface area contributed by atoms with E-state index in [2.05, 4.69) is 0 Å². The second-order valence-electron chi connectivity index (χ2n) is 4.95. The van der Waals surface area contributed by atoms with Crippen LogP contribution in [0.25, 0.3) is 0 Å². The molecular weight excluding hydrogens is 238 g/mol. The van der Waals surface area contributed by atoms with Gasteiger partial charge in [0.2, 0.25) is 11.6 Å². The molecule has 0 aromatic heterocycles. The number of hydrogen-bond acceptors (Lipinski definition) is 2. The van der Waals surface area contributed by atoms with Crippen LogP contribution >= 0.6 is 0 Å². The van der Waals surface area contributed by atoms with Crippen molar-refractivity contribution in [3.05, 3.63) is 60.2 Å². The Balaban J connectivity index is 1.93. The number of rotatable bonds is 1. The van der Waals surface area contributed by atoms with Gasteiger partial charge in [0.15, 0.2) is 0 Å². The summed E-state index contributed by atoms with van der Waals surface area (Å²) in [5.74, 6) is 0.924. The van der Waals surface area contributed by atoms with Crippen LogP contribution in [0.2, 0.25) is 0 Å². The molecule has 1 atom stereocenters. The third-order valence-corrected chi connectivity index (χ3v) is 3.90. The SMILES string of the molecule is O=C1CC[C@]2(c3ccccc3)Oc3ccccc3N12. The van der Waals surface area contributed by atoms with E-state index in [1.54, 1.807) is 0 Å². The van der Waals surface area contributed by atoms with Gasteiger partial charge >= 0.3 is 0 Å². The molecule has 4 rings (SSSR count). The highest BCUT2D eigenvalue weighted by Gasteiger charge is 2.54. The molecular formula is C16H13NO2. The Bertz CT molecular complexity index is 653. The van der Waals surface area contributed by atoms with Gasteiger partial charge in [0, 0.05) is 18.4 Å². The number of nitrogens with zero attached hydrogens (tertiary/aromatic N) is 1. The lowest BCUT2D eigenvalue weighted by Gasteiger charge is -2.31. The maximum Gasteiger partial charge on any atom is 0.230 e. The van der Waals surface area contributed by atoms with E-state index in [0.29, 0.717) is 12.8 Å². The number of benzene rings is 2. The second kappa shape index (κ2) is 3.60. The highest BCUT2D eigenvalue weighted by molar-refractivity contribution is 6.00. The van der Waals surface area contributed by atoms with Gasteiger partial charge in [0.05, 0.1) is 5.69 Å². The van der Waals surface area contributed by atoms with E-state index in [-0.39, 0.29) is 5.91 Å².